The van der Waals surface area contributed by atoms with Gasteiger partial charge in [0.05, 0.1) is 4.92 Å². The fourth-order valence-corrected chi connectivity index (χ4v) is 1.34. The lowest BCUT2D eigenvalue weighted by Crippen LogP contribution is -2.29. The number of unbranched alkanes of at least 4 members (excludes halogenated alkanes) is 1. The molecule has 7 nitrogen and oxygen atoms in total. The van der Waals surface area contributed by atoms with E-state index in [1.54, 1.807) is 0 Å². The van der Waals surface area contributed by atoms with Gasteiger partial charge in [-0.2, -0.15) is 0 Å². The number of anilines is 1. The predicted octanol–water partition coefficient (Wildman–Crippen LogP) is 2.22. The van der Waals surface area contributed by atoms with E-state index in [1.807, 2.05) is 6.92 Å². The predicted molar refractivity (Wildman–Crippen MR) is 66.7 cm³/mol. The number of amides is 2. The molecule has 0 aliphatic rings. The molecule has 0 spiro atoms. The molecule has 7 heteroatoms. The molecule has 1 rings (SSSR count). The number of nitrogens with one attached hydrogen (secondary N) is 2. The quantitative estimate of drug-likeness (QED) is 0.324. The van der Waals surface area contributed by atoms with E-state index in [0.717, 1.165) is 12.8 Å². The molecule has 0 atom stereocenters. The molecule has 0 bridgehead atoms. The van der Waals surface area contributed by atoms with Gasteiger partial charge in [0.2, 0.25) is 0 Å². The molecule has 0 aliphatic carbocycles. The minimum absolute atomic E-state index is 0.198. The summed E-state index contributed by atoms with van der Waals surface area (Å²) in [6.07, 6.45) is 1.74. The van der Waals surface area contributed by atoms with Gasteiger partial charge in [-0.05, 0) is 12.5 Å². The fourth-order valence-electron chi connectivity index (χ4n) is 1.34. The Bertz CT molecular complexity index is 448. The number of aromatic hydroxyl groups is 1. The molecule has 0 aliphatic heterocycles. The van der Waals surface area contributed by atoms with Crippen LogP contribution < -0.4 is 10.6 Å². The molecule has 3 N–H and O–H groups in total. The van der Waals surface area contributed by atoms with Crippen LogP contribution >= 0.6 is 0 Å². The highest BCUT2D eigenvalue weighted by atomic mass is 16.6. The average molecular weight is 253 g/mol. The molecule has 18 heavy (non-hydrogen) atoms. The van der Waals surface area contributed by atoms with Gasteiger partial charge in [0.15, 0.2) is 5.69 Å². The number of hydrogen-bond acceptors (Lipinski definition) is 4. The largest absolute Gasteiger partial charge is 0.505 e. The highest BCUT2D eigenvalue weighted by molar-refractivity contribution is 5.93. The van der Waals surface area contributed by atoms with Crippen LogP contribution in [0.2, 0.25) is 0 Å². The SMILES string of the molecule is CCCCNC(=O)Nc1c(O)cccc1[N+](=O)[O-]. The van der Waals surface area contributed by atoms with Crippen molar-refractivity contribution in [3.8, 4) is 5.75 Å². The van der Waals surface area contributed by atoms with Crippen molar-refractivity contribution in [2.24, 2.45) is 0 Å². The van der Waals surface area contributed by atoms with E-state index in [2.05, 4.69) is 10.6 Å². The van der Waals surface area contributed by atoms with Crippen LogP contribution in [0.3, 0.4) is 0 Å². The summed E-state index contributed by atoms with van der Waals surface area (Å²) in [5, 5.41) is 25.1. The highest BCUT2D eigenvalue weighted by Crippen LogP contribution is 2.32. The van der Waals surface area contributed by atoms with Crippen LogP contribution in [0, 0.1) is 10.1 Å². The summed E-state index contributed by atoms with van der Waals surface area (Å²) >= 11 is 0. The van der Waals surface area contributed by atoms with Crippen molar-refractivity contribution >= 4 is 17.4 Å². The number of phenols is 1. The molecular weight excluding hydrogens is 238 g/mol. The van der Waals surface area contributed by atoms with E-state index in [1.165, 1.54) is 18.2 Å². The minimum Gasteiger partial charge on any atom is -0.505 e. The first-order valence-electron chi connectivity index (χ1n) is 5.57. The van der Waals surface area contributed by atoms with Crippen molar-refractivity contribution in [3.63, 3.8) is 0 Å². The van der Waals surface area contributed by atoms with E-state index in [0.29, 0.717) is 6.54 Å². The zero-order valence-corrected chi connectivity index (χ0v) is 9.97. The first-order valence-corrected chi connectivity index (χ1v) is 5.57. The number of carbonyl (C=O) groups is 1. The molecule has 0 saturated heterocycles. The first-order chi connectivity index (χ1) is 8.56. The van der Waals surface area contributed by atoms with Crippen molar-refractivity contribution < 1.29 is 14.8 Å². The lowest BCUT2D eigenvalue weighted by Gasteiger charge is -2.08. The molecule has 0 saturated carbocycles. The normalized spacial score (nSPS) is 9.83. The summed E-state index contributed by atoms with van der Waals surface area (Å²) in [4.78, 5) is 21.5. The van der Waals surface area contributed by atoms with Crippen LogP contribution in [0.5, 0.6) is 5.75 Å². The lowest BCUT2D eigenvalue weighted by molar-refractivity contribution is -0.384. The maximum atomic E-state index is 11.5. The van der Waals surface area contributed by atoms with Crippen LogP contribution in [-0.4, -0.2) is 22.6 Å². The smallest absolute Gasteiger partial charge is 0.319 e. The van der Waals surface area contributed by atoms with Gasteiger partial charge in [0.1, 0.15) is 5.75 Å². The van der Waals surface area contributed by atoms with Crippen molar-refractivity contribution in [3.05, 3.63) is 28.3 Å². The van der Waals surface area contributed by atoms with Crippen LogP contribution in [0.25, 0.3) is 0 Å². The molecule has 0 radical (unpaired) electrons. The Morgan fingerprint density at radius 1 is 1.50 bits per heavy atom. The fraction of sp³-hybridized carbons (Fsp3) is 0.364. The second-order valence-electron chi connectivity index (χ2n) is 3.66. The van der Waals surface area contributed by atoms with Crippen LogP contribution in [-0.2, 0) is 0 Å². The highest BCUT2D eigenvalue weighted by Gasteiger charge is 2.19. The third-order valence-electron chi connectivity index (χ3n) is 2.27. The number of hydrogen-bond donors (Lipinski definition) is 3. The molecule has 2 amide bonds. The third kappa shape index (κ3) is 3.62. The topological polar surface area (TPSA) is 104 Å². The Hall–Kier alpha value is -2.31. The summed E-state index contributed by atoms with van der Waals surface area (Å²) in [5.74, 6) is -0.338. The number of benzene rings is 1. The zero-order valence-electron chi connectivity index (χ0n) is 9.97. The van der Waals surface area contributed by atoms with Gasteiger partial charge in [0, 0.05) is 12.6 Å². The Balaban J connectivity index is 2.77. The number of carbonyl (C=O) groups excluding carboxylic acids is 1. The van der Waals surface area contributed by atoms with Crippen LogP contribution in [0.4, 0.5) is 16.2 Å². The summed E-state index contributed by atoms with van der Waals surface area (Å²) in [7, 11) is 0. The van der Waals surface area contributed by atoms with E-state index in [-0.39, 0.29) is 17.1 Å². The van der Waals surface area contributed by atoms with Crippen molar-refractivity contribution in [2.45, 2.75) is 19.8 Å². The molecule has 1 aromatic rings. The van der Waals surface area contributed by atoms with E-state index < -0.39 is 11.0 Å². The number of nitrogens with zero attached hydrogens (tertiary/aromatic N) is 1. The Kier molecular flexibility index (Phi) is 4.91. The van der Waals surface area contributed by atoms with Gasteiger partial charge in [-0.3, -0.25) is 15.4 Å². The maximum Gasteiger partial charge on any atom is 0.319 e. The van der Waals surface area contributed by atoms with Gasteiger partial charge in [0.25, 0.3) is 5.69 Å². The molecule has 0 aromatic heterocycles. The molecule has 0 fully saturated rings. The second kappa shape index (κ2) is 6.43. The van der Waals surface area contributed by atoms with E-state index in [4.69, 9.17) is 0 Å². The summed E-state index contributed by atoms with van der Waals surface area (Å²) in [6, 6.07) is 3.25. The van der Waals surface area contributed by atoms with Crippen molar-refractivity contribution in [1.82, 2.24) is 5.32 Å². The number of rotatable bonds is 5. The van der Waals surface area contributed by atoms with Gasteiger partial charge in [-0.1, -0.05) is 19.4 Å². The van der Waals surface area contributed by atoms with Gasteiger partial charge < -0.3 is 10.4 Å². The average Bonchev–Trinajstić information content (AvgIpc) is 2.31. The van der Waals surface area contributed by atoms with Gasteiger partial charge in [-0.15, -0.1) is 0 Å². The lowest BCUT2D eigenvalue weighted by atomic mass is 10.2. The van der Waals surface area contributed by atoms with Gasteiger partial charge in [-0.25, -0.2) is 4.79 Å². The Morgan fingerprint density at radius 2 is 2.22 bits per heavy atom. The van der Waals surface area contributed by atoms with Crippen molar-refractivity contribution in [1.29, 1.82) is 0 Å². The van der Waals surface area contributed by atoms with E-state index >= 15 is 0 Å². The van der Waals surface area contributed by atoms with Crippen LogP contribution in [0.15, 0.2) is 18.2 Å². The standard InChI is InChI=1S/C11H15N3O4/c1-2-3-7-12-11(16)13-10-8(14(17)18)5-4-6-9(10)15/h4-6,15H,2-3,7H2,1H3,(H2,12,13,16). The summed E-state index contributed by atoms with van der Waals surface area (Å²) in [6.45, 7) is 2.46. The Labute approximate surface area is 104 Å². The number of para-hydroxylation sites is 1. The summed E-state index contributed by atoms with van der Waals surface area (Å²) in [5.41, 5.74) is -0.544. The molecule has 0 heterocycles. The van der Waals surface area contributed by atoms with Crippen LogP contribution in [0.1, 0.15) is 19.8 Å². The zero-order chi connectivity index (χ0) is 13.5. The molecular formula is C11H15N3O4. The summed E-state index contributed by atoms with van der Waals surface area (Å²) < 4.78 is 0. The van der Waals surface area contributed by atoms with Crippen molar-refractivity contribution in [2.75, 3.05) is 11.9 Å². The number of urea groups is 1. The maximum absolute atomic E-state index is 11.5. The molecule has 1 aromatic carbocycles. The number of nitro groups is 1. The number of nitro benzene ring substituents is 1. The first kappa shape index (κ1) is 13.8. The molecule has 98 valence electrons. The minimum atomic E-state index is -0.665. The second-order valence-corrected chi connectivity index (χ2v) is 3.66. The third-order valence-corrected chi connectivity index (χ3v) is 2.27. The number of phenolic OH excluding ortho intramolecular Hbond substituents is 1. The monoisotopic (exact) mass is 253 g/mol. The van der Waals surface area contributed by atoms with Gasteiger partial charge >= 0.3 is 6.03 Å². The molecule has 0 unspecified atom stereocenters. The van der Waals surface area contributed by atoms with E-state index in [9.17, 15) is 20.0 Å². The Morgan fingerprint density at radius 3 is 2.83 bits per heavy atom.